The van der Waals surface area contributed by atoms with Crippen LogP contribution in [0, 0.1) is 22.5 Å². The first-order chi connectivity index (χ1) is 7.65. The zero-order valence-corrected chi connectivity index (χ0v) is 9.40. The number of nitro groups is 1. The van der Waals surface area contributed by atoms with Gasteiger partial charge in [0.05, 0.1) is 15.7 Å². The van der Waals surface area contributed by atoms with Crippen molar-refractivity contribution in [1.82, 2.24) is 0 Å². The van der Waals surface area contributed by atoms with E-state index in [0.717, 1.165) is 0 Å². The fourth-order valence-electron chi connectivity index (χ4n) is 1.14. The third-order valence-corrected chi connectivity index (χ3v) is 3.42. The van der Waals surface area contributed by atoms with Gasteiger partial charge in [0.1, 0.15) is 0 Å². The van der Waals surface area contributed by atoms with Crippen molar-refractivity contribution in [3.63, 3.8) is 0 Å². The molecule has 1 aromatic carbocycles. The molecule has 16 heavy (non-hydrogen) atoms. The van der Waals surface area contributed by atoms with E-state index in [4.69, 9.17) is 6.42 Å². The molecule has 1 aromatic rings. The molecule has 0 aromatic heterocycles. The molecule has 0 radical (unpaired) electrons. The molecule has 1 atom stereocenters. The molecule has 1 rings (SSSR count). The second-order valence-corrected chi connectivity index (χ2v) is 4.68. The lowest BCUT2D eigenvalue weighted by Crippen LogP contribution is -1.98. The molecule has 0 aliphatic heterocycles. The molecule has 84 valence electrons. The van der Waals surface area contributed by atoms with Crippen molar-refractivity contribution in [2.75, 3.05) is 5.75 Å². The molecule has 0 N–H and O–H groups in total. The summed E-state index contributed by atoms with van der Waals surface area (Å²) in [4.78, 5) is 10.5. The van der Waals surface area contributed by atoms with Crippen LogP contribution in [0.2, 0.25) is 0 Å². The number of nitro benzene ring substituents is 1. The summed E-state index contributed by atoms with van der Waals surface area (Å²) in [5.74, 6) is 2.96. The standard InChI is InChI=1S/C11H11NO3S/c1-2-3-4-9-16(15)11-7-5-10(6-8-11)12(13)14/h1,5-8H,3-4,9H2/t16-/m0/s1. The smallest absolute Gasteiger partial charge is 0.258 e. The summed E-state index contributed by atoms with van der Waals surface area (Å²) in [6, 6.07) is 5.75. The summed E-state index contributed by atoms with van der Waals surface area (Å²) in [5, 5.41) is 10.4. The third-order valence-electron chi connectivity index (χ3n) is 1.96. The number of hydrogen-bond donors (Lipinski definition) is 0. The van der Waals surface area contributed by atoms with E-state index in [1.807, 2.05) is 0 Å². The van der Waals surface area contributed by atoms with Crippen LogP contribution < -0.4 is 0 Å². The van der Waals surface area contributed by atoms with Crippen LogP contribution in [0.1, 0.15) is 12.8 Å². The average molecular weight is 237 g/mol. The van der Waals surface area contributed by atoms with Gasteiger partial charge in [-0.25, -0.2) is 0 Å². The van der Waals surface area contributed by atoms with Crippen molar-refractivity contribution < 1.29 is 9.13 Å². The summed E-state index contributed by atoms with van der Waals surface area (Å²) in [7, 11) is -1.12. The molecule has 0 bridgehead atoms. The number of benzene rings is 1. The van der Waals surface area contributed by atoms with E-state index in [0.29, 0.717) is 23.5 Å². The summed E-state index contributed by atoms with van der Waals surface area (Å²) in [6.45, 7) is 0. The first kappa shape index (κ1) is 12.4. The van der Waals surface area contributed by atoms with E-state index in [1.54, 1.807) is 0 Å². The van der Waals surface area contributed by atoms with Gasteiger partial charge in [-0.2, -0.15) is 0 Å². The average Bonchev–Trinajstić information content (AvgIpc) is 2.29. The molecule has 0 fully saturated rings. The van der Waals surface area contributed by atoms with Gasteiger partial charge in [0.2, 0.25) is 0 Å². The van der Waals surface area contributed by atoms with Gasteiger partial charge in [-0.05, 0) is 18.6 Å². The number of unbranched alkanes of at least 4 members (excludes halogenated alkanes) is 1. The van der Waals surface area contributed by atoms with Crippen molar-refractivity contribution in [3.05, 3.63) is 34.4 Å². The normalized spacial score (nSPS) is 11.7. The van der Waals surface area contributed by atoms with Gasteiger partial charge < -0.3 is 0 Å². The van der Waals surface area contributed by atoms with Crippen molar-refractivity contribution in [2.45, 2.75) is 17.7 Å². The van der Waals surface area contributed by atoms with Crippen LogP contribution in [0.15, 0.2) is 29.2 Å². The molecule has 0 aliphatic carbocycles. The highest BCUT2D eigenvalue weighted by molar-refractivity contribution is 7.85. The minimum Gasteiger partial charge on any atom is -0.258 e. The maximum Gasteiger partial charge on any atom is 0.269 e. The van der Waals surface area contributed by atoms with Gasteiger partial charge in [0, 0.05) is 29.2 Å². The van der Waals surface area contributed by atoms with Gasteiger partial charge in [0.15, 0.2) is 0 Å². The molecule has 0 saturated carbocycles. The minimum atomic E-state index is -1.12. The maximum atomic E-state index is 11.7. The quantitative estimate of drug-likeness (QED) is 0.341. The van der Waals surface area contributed by atoms with Crippen LogP contribution in [0.5, 0.6) is 0 Å². The maximum absolute atomic E-state index is 11.7. The predicted molar refractivity (Wildman–Crippen MR) is 62.4 cm³/mol. The molecular formula is C11H11NO3S. The minimum absolute atomic E-state index is 0.00405. The van der Waals surface area contributed by atoms with E-state index in [1.165, 1.54) is 24.3 Å². The second kappa shape index (κ2) is 6.03. The number of terminal acetylenes is 1. The van der Waals surface area contributed by atoms with Crippen LogP contribution in [0.4, 0.5) is 5.69 Å². The Bertz CT molecular complexity index is 434. The fourth-order valence-corrected chi connectivity index (χ4v) is 2.22. The Morgan fingerprint density at radius 2 is 2.00 bits per heavy atom. The third kappa shape index (κ3) is 3.48. The molecular weight excluding hydrogens is 226 g/mol. The Morgan fingerprint density at radius 1 is 1.38 bits per heavy atom. The van der Waals surface area contributed by atoms with Crippen molar-refractivity contribution in [2.24, 2.45) is 0 Å². The van der Waals surface area contributed by atoms with E-state index in [9.17, 15) is 14.3 Å². The Kier molecular flexibility index (Phi) is 4.67. The number of hydrogen-bond acceptors (Lipinski definition) is 3. The van der Waals surface area contributed by atoms with E-state index in [-0.39, 0.29) is 5.69 Å². The molecule has 0 saturated heterocycles. The van der Waals surface area contributed by atoms with Gasteiger partial charge >= 0.3 is 0 Å². The van der Waals surface area contributed by atoms with Crippen molar-refractivity contribution in [3.8, 4) is 12.3 Å². The van der Waals surface area contributed by atoms with Crippen molar-refractivity contribution >= 4 is 16.5 Å². The monoisotopic (exact) mass is 237 g/mol. The molecule has 0 heterocycles. The first-order valence-corrected chi connectivity index (χ1v) is 6.03. The summed E-state index contributed by atoms with van der Waals surface area (Å²) in [6.07, 6.45) is 6.37. The highest BCUT2D eigenvalue weighted by Gasteiger charge is 2.07. The zero-order chi connectivity index (χ0) is 12.0. The lowest BCUT2D eigenvalue weighted by atomic mass is 10.3. The van der Waals surface area contributed by atoms with Gasteiger partial charge in [-0.15, -0.1) is 12.3 Å². The zero-order valence-electron chi connectivity index (χ0n) is 8.59. The molecule has 0 spiro atoms. The molecule has 0 aliphatic rings. The first-order valence-electron chi connectivity index (χ1n) is 4.71. The van der Waals surface area contributed by atoms with E-state index >= 15 is 0 Å². The Labute approximate surface area is 96.3 Å². The molecule has 0 unspecified atom stereocenters. The van der Waals surface area contributed by atoms with Crippen LogP contribution in [-0.4, -0.2) is 14.9 Å². The summed E-state index contributed by atoms with van der Waals surface area (Å²) in [5.41, 5.74) is 0.00405. The van der Waals surface area contributed by atoms with Crippen molar-refractivity contribution in [1.29, 1.82) is 0 Å². The topological polar surface area (TPSA) is 60.2 Å². The SMILES string of the molecule is C#CCCC[S@](=O)c1ccc([N+](=O)[O-])cc1. The van der Waals surface area contributed by atoms with Gasteiger partial charge in [-0.3, -0.25) is 14.3 Å². The Hall–Kier alpha value is -1.67. The van der Waals surface area contributed by atoms with Crippen LogP contribution >= 0.6 is 0 Å². The number of non-ortho nitro benzene ring substituents is 1. The second-order valence-electron chi connectivity index (χ2n) is 3.11. The highest BCUT2D eigenvalue weighted by Crippen LogP contribution is 2.15. The molecule has 0 amide bonds. The number of rotatable bonds is 5. The van der Waals surface area contributed by atoms with Crippen LogP contribution in [0.3, 0.4) is 0 Å². The summed E-state index contributed by atoms with van der Waals surface area (Å²) >= 11 is 0. The summed E-state index contributed by atoms with van der Waals surface area (Å²) < 4.78 is 11.7. The highest BCUT2D eigenvalue weighted by atomic mass is 32.2. The lowest BCUT2D eigenvalue weighted by molar-refractivity contribution is -0.384. The molecule has 4 nitrogen and oxygen atoms in total. The Morgan fingerprint density at radius 3 is 2.50 bits per heavy atom. The Balaban J connectivity index is 2.64. The predicted octanol–water partition coefficient (Wildman–Crippen LogP) is 2.12. The number of nitrogens with zero attached hydrogens (tertiary/aromatic N) is 1. The fraction of sp³-hybridized carbons (Fsp3) is 0.273. The van der Waals surface area contributed by atoms with E-state index in [2.05, 4.69) is 5.92 Å². The lowest BCUT2D eigenvalue weighted by Gasteiger charge is -2.00. The van der Waals surface area contributed by atoms with Crippen LogP contribution in [-0.2, 0) is 10.8 Å². The van der Waals surface area contributed by atoms with Gasteiger partial charge in [-0.1, -0.05) is 0 Å². The van der Waals surface area contributed by atoms with E-state index < -0.39 is 15.7 Å². The largest absolute Gasteiger partial charge is 0.269 e. The van der Waals surface area contributed by atoms with Crippen LogP contribution in [0.25, 0.3) is 0 Å². The van der Waals surface area contributed by atoms with Gasteiger partial charge in [0.25, 0.3) is 5.69 Å². The molecule has 5 heteroatoms.